The summed E-state index contributed by atoms with van der Waals surface area (Å²) in [6.45, 7) is 0. The zero-order valence-electron chi connectivity index (χ0n) is 3.72. The number of hydrogen-bond acceptors (Lipinski definition) is 3. The highest BCUT2D eigenvalue weighted by Crippen LogP contribution is 1.25. The van der Waals surface area contributed by atoms with Crippen molar-refractivity contribution < 1.29 is 10.3 Å². The Kier molecular flexibility index (Phi) is 45.1. The van der Waals surface area contributed by atoms with Crippen molar-refractivity contribution in [1.29, 1.82) is 0 Å². The second kappa shape index (κ2) is 19.2. The predicted molar refractivity (Wildman–Crippen MR) is 25.8 cm³/mol. The van der Waals surface area contributed by atoms with Crippen LogP contribution in [0, 0.1) is 0 Å². The van der Waals surface area contributed by atoms with Crippen molar-refractivity contribution in [3.05, 3.63) is 0 Å². The zero-order chi connectivity index (χ0) is 5.58. The van der Waals surface area contributed by atoms with Crippen molar-refractivity contribution in [2.75, 3.05) is 0 Å². The molecule has 0 saturated carbocycles. The Morgan fingerprint density at radius 3 is 1.14 bits per heavy atom. The van der Waals surface area contributed by atoms with Crippen molar-refractivity contribution in [2.45, 2.75) is 0 Å². The lowest BCUT2D eigenvalue weighted by Gasteiger charge is -1.62. The second-order valence-corrected chi connectivity index (χ2v) is 0.402. The lowest BCUT2D eigenvalue weighted by Crippen LogP contribution is -2.18. The molecular formula is CH10N4O2. The van der Waals surface area contributed by atoms with Crippen LogP contribution in [0.2, 0.25) is 0 Å². The number of urea groups is 1. The summed E-state index contributed by atoms with van der Waals surface area (Å²) in [7, 11) is 0. The minimum Gasteiger partial charge on any atom is -0.412 e. The highest BCUT2D eigenvalue weighted by molar-refractivity contribution is 5.69. The SMILES string of the molecule is NC(N)=O.NN.O. The van der Waals surface area contributed by atoms with E-state index in [9.17, 15) is 0 Å². The number of hydrogen-bond donors (Lipinski definition) is 4. The molecule has 0 heterocycles. The Balaban J connectivity index is -0.0000000480. The average molecular weight is 110 g/mol. The Morgan fingerprint density at radius 2 is 1.14 bits per heavy atom. The van der Waals surface area contributed by atoms with Gasteiger partial charge in [-0.1, -0.05) is 0 Å². The Hall–Kier alpha value is -0.850. The van der Waals surface area contributed by atoms with Gasteiger partial charge in [-0.2, -0.15) is 0 Å². The molecular weight excluding hydrogens is 100 g/mol. The van der Waals surface area contributed by atoms with Gasteiger partial charge in [0.25, 0.3) is 0 Å². The van der Waals surface area contributed by atoms with Crippen LogP contribution in [0.3, 0.4) is 0 Å². The molecule has 0 aromatic heterocycles. The van der Waals surface area contributed by atoms with Crippen LogP contribution in [0.15, 0.2) is 0 Å². The van der Waals surface area contributed by atoms with Crippen LogP contribution in [-0.4, -0.2) is 11.5 Å². The second-order valence-electron chi connectivity index (χ2n) is 0.402. The first-order valence-corrected chi connectivity index (χ1v) is 1.11. The van der Waals surface area contributed by atoms with Gasteiger partial charge < -0.3 is 16.9 Å². The summed E-state index contributed by atoms with van der Waals surface area (Å²) in [4.78, 5) is 9.00. The van der Waals surface area contributed by atoms with E-state index >= 15 is 0 Å². The van der Waals surface area contributed by atoms with E-state index in [1.54, 1.807) is 0 Å². The number of hydrazine groups is 1. The van der Waals surface area contributed by atoms with Gasteiger partial charge in [0.2, 0.25) is 0 Å². The van der Waals surface area contributed by atoms with Gasteiger partial charge in [0.1, 0.15) is 0 Å². The van der Waals surface area contributed by atoms with Crippen LogP contribution in [0.5, 0.6) is 0 Å². The van der Waals surface area contributed by atoms with Crippen molar-refractivity contribution in [3.63, 3.8) is 0 Å². The summed E-state index contributed by atoms with van der Waals surface area (Å²) in [5.74, 6) is 8.00. The number of primary amides is 2. The van der Waals surface area contributed by atoms with E-state index in [1.165, 1.54) is 0 Å². The fourth-order valence-corrected chi connectivity index (χ4v) is 0. The Morgan fingerprint density at radius 1 is 1.14 bits per heavy atom. The first-order chi connectivity index (χ1) is 2.73. The van der Waals surface area contributed by atoms with Crippen LogP contribution < -0.4 is 23.2 Å². The number of nitrogens with two attached hydrogens (primary N) is 4. The van der Waals surface area contributed by atoms with E-state index in [-0.39, 0.29) is 5.48 Å². The minimum atomic E-state index is -0.833. The molecule has 46 valence electrons. The van der Waals surface area contributed by atoms with E-state index in [0.29, 0.717) is 0 Å². The van der Waals surface area contributed by atoms with Crippen LogP contribution in [0.4, 0.5) is 4.79 Å². The van der Waals surface area contributed by atoms with E-state index in [2.05, 4.69) is 23.2 Å². The molecule has 2 amide bonds. The standard InChI is InChI=1S/CH4N2O.H4N2.H2O/c2-1(3)4;1-2;/h(H4,2,3,4);1-2H2;1H2. The van der Waals surface area contributed by atoms with Crippen LogP contribution in [0.25, 0.3) is 0 Å². The average Bonchev–Trinajstić information content (AvgIpc) is 1.41. The third-order valence-corrected chi connectivity index (χ3v) is 0. The zero-order valence-corrected chi connectivity index (χ0v) is 3.72. The number of rotatable bonds is 0. The van der Waals surface area contributed by atoms with Gasteiger partial charge >= 0.3 is 6.03 Å². The summed E-state index contributed by atoms with van der Waals surface area (Å²) in [6.07, 6.45) is 0. The molecule has 6 heteroatoms. The Labute approximate surface area is 40.7 Å². The normalized spacial score (nSPS) is 4.29. The molecule has 0 rings (SSSR count). The summed E-state index contributed by atoms with van der Waals surface area (Å²) in [5, 5.41) is 0. The molecule has 7 heavy (non-hydrogen) atoms. The summed E-state index contributed by atoms with van der Waals surface area (Å²) in [5.41, 5.74) is 8.50. The molecule has 0 spiro atoms. The molecule has 0 aliphatic rings. The maximum absolute atomic E-state index is 9.00. The molecule has 0 aliphatic carbocycles. The highest BCUT2D eigenvalue weighted by Gasteiger charge is 1.60. The molecule has 10 N–H and O–H groups in total. The summed E-state index contributed by atoms with van der Waals surface area (Å²) < 4.78 is 0. The number of amides is 2. The maximum Gasteiger partial charge on any atom is 0.309 e. The molecule has 0 atom stereocenters. The molecule has 0 bridgehead atoms. The van der Waals surface area contributed by atoms with E-state index in [1.807, 2.05) is 0 Å². The molecule has 0 aromatic carbocycles. The molecule has 0 fully saturated rings. The maximum atomic E-state index is 9.00. The van der Waals surface area contributed by atoms with Crippen molar-refractivity contribution >= 4 is 6.03 Å². The fourth-order valence-electron chi connectivity index (χ4n) is 0. The quantitative estimate of drug-likeness (QED) is 0.194. The molecule has 0 saturated heterocycles. The van der Waals surface area contributed by atoms with E-state index < -0.39 is 6.03 Å². The van der Waals surface area contributed by atoms with Gasteiger partial charge in [0.05, 0.1) is 0 Å². The number of carbonyl (C=O) groups is 1. The summed E-state index contributed by atoms with van der Waals surface area (Å²) in [6, 6.07) is -0.833. The van der Waals surface area contributed by atoms with Gasteiger partial charge in [-0.05, 0) is 0 Å². The fraction of sp³-hybridized carbons (Fsp3) is 0. The van der Waals surface area contributed by atoms with Gasteiger partial charge in [-0.25, -0.2) is 4.79 Å². The van der Waals surface area contributed by atoms with Gasteiger partial charge in [-0.15, -0.1) is 0 Å². The molecule has 0 aliphatic heterocycles. The van der Waals surface area contributed by atoms with Crippen LogP contribution >= 0.6 is 0 Å². The minimum absolute atomic E-state index is 0. The lowest BCUT2D eigenvalue weighted by atomic mass is 11.2. The van der Waals surface area contributed by atoms with E-state index in [0.717, 1.165) is 0 Å². The van der Waals surface area contributed by atoms with Crippen molar-refractivity contribution in [3.8, 4) is 0 Å². The molecule has 0 unspecified atom stereocenters. The first kappa shape index (κ1) is 16.4. The highest BCUT2D eigenvalue weighted by atomic mass is 16.2. The van der Waals surface area contributed by atoms with Crippen molar-refractivity contribution in [2.24, 2.45) is 23.2 Å². The Bertz CT molecular complexity index is 32.7. The van der Waals surface area contributed by atoms with Crippen molar-refractivity contribution in [1.82, 2.24) is 0 Å². The van der Waals surface area contributed by atoms with Crippen LogP contribution in [-0.2, 0) is 0 Å². The van der Waals surface area contributed by atoms with E-state index in [4.69, 9.17) is 4.79 Å². The molecule has 0 aromatic rings. The largest absolute Gasteiger partial charge is 0.412 e. The van der Waals surface area contributed by atoms with Gasteiger partial charge in [0.15, 0.2) is 0 Å². The third kappa shape index (κ3) is 70.7. The predicted octanol–water partition coefficient (Wildman–Crippen LogP) is -2.98. The monoisotopic (exact) mass is 110 g/mol. The van der Waals surface area contributed by atoms with Gasteiger partial charge in [0, 0.05) is 0 Å². The smallest absolute Gasteiger partial charge is 0.309 e. The first-order valence-electron chi connectivity index (χ1n) is 1.11. The topological polar surface area (TPSA) is 153 Å². The number of carbonyl (C=O) groups excluding carboxylic acids is 1. The molecule has 0 radical (unpaired) electrons. The van der Waals surface area contributed by atoms with Crippen LogP contribution in [0.1, 0.15) is 0 Å². The van der Waals surface area contributed by atoms with Gasteiger partial charge in [-0.3, -0.25) is 11.7 Å². The summed E-state index contributed by atoms with van der Waals surface area (Å²) >= 11 is 0. The lowest BCUT2D eigenvalue weighted by molar-refractivity contribution is 0.256. The third-order valence-electron chi connectivity index (χ3n) is 0. The molecule has 6 nitrogen and oxygen atoms in total.